The topological polar surface area (TPSA) is 65.2 Å². The second kappa shape index (κ2) is 6.11. The third kappa shape index (κ3) is 2.71. The van der Waals surface area contributed by atoms with Crippen molar-refractivity contribution in [3.8, 4) is 0 Å². The van der Waals surface area contributed by atoms with E-state index in [4.69, 9.17) is 4.74 Å². The zero-order valence-corrected chi connectivity index (χ0v) is 13.6. The molecule has 3 N–H and O–H groups in total. The van der Waals surface area contributed by atoms with Crippen LogP contribution in [0.2, 0.25) is 0 Å². The Morgan fingerprint density at radius 1 is 1.39 bits per heavy atom. The van der Waals surface area contributed by atoms with Crippen molar-refractivity contribution in [2.45, 2.75) is 19.2 Å². The molecule has 23 heavy (non-hydrogen) atoms. The van der Waals surface area contributed by atoms with Gasteiger partial charge in [-0.15, -0.1) is 0 Å². The largest absolute Gasteiger partial charge is 0.347 e. The molecule has 0 bridgehead atoms. The number of nitrogens with zero attached hydrogens (tertiary/aromatic N) is 2. The minimum absolute atomic E-state index is 0.515. The minimum Gasteiger partial charge on any atom is -0.347 e. The van der Waals surface area contributed by atoms with Crippen LogP contribution in [0.15, 0.2) is 30.7 Å². The normalized spacial score (nSPS) is 34.0. The van der Waals surface area contributed by atoms with E-state index in [2.05, 4.69) is 44.8 Å². The number of piperidine rings is 1. The van der Waals surface area contributed by atoms with E-state index in [1.54, 1.807) is 0 Å². The number of hydrogen-bond acceptors (Lipinski definition) is 5. The molecule has 2 fully saturated rings. The average Bonchev–Trinajstić information content (AvgIpc) is 3.25. The van der Waals surface area contributed by atoms with Crippen molar-refractivity contribution in [1.82, 2.24) is 25.7 Å². The number of nitrogens with one attached hydrogen (secondary N) is 3. The zero-order valence-electron chi connectivity index (χ0n) is 13.6. The molecule has 2 unspecified atom stereocenters. The van der Waals surface area contributed by atoms with E-state index < -0.39 is 5.85 Å². The summed E-state index contributed by atoms with van der Waals surface area (Å²) in [6.45, 7) is 7.17. The monoisotopic (exact) mass is 315 g/mol. The van der Waals surface area contributed by atoms with Crippen LogP contribution in [0.5, 0.6) is 0 Å². The van der Waals surface area contributed by atoms with Gasteiger partial charge in [0, 0.05) is 43.2 Å². The zero-order chi connectivity index (χ0) is 15.7. The van der Waals surface area contributed by atoms with E-state index in [1.807, 2.05) is 18.6 Å². The fraction of sp³-hybridized carbons (Fsp3) is 0.588. The first-order valence-corrected chi connectivity index (χ1v) is 8.57. The SMILES string of the molecule is CCOC1(N2CC3CCNC[C@@H]3C2)C=CC(c2cn[nH]c2)=CN1. The Morgan fingerprint density at radius 3 is 3.00 bits per heavy atom. The summed E-state index contributed by atoms with van der Waals surface area (Å²) in [6.07, 6.45) is 11.3. The summed E-state index contributed by atoms with van der Waals surface area (Å²) in [5, 5.41) is 13.9. The smallest absolute Gasteiger partial charge is 0.218 e. The Balaban J connectivity index is 1.53. The van der Waals surface area contributed by atoms with Crippen molar-refractivity contribution < 1.29 is 4.74 Å². The van der Waals surface area contributed by atoms with Crippen LogP contribution in [0, 0.1) is 11.8 Å². The maximum absolute atomic E-state index is 6.17. The third-order valence-electron chi connectivity index (χ3n) is 5.26. The van der Waals surface area contributed by atoms with Crippen molar-refractivity contribution in [3.05, 3.63) is 36.3 Å². The van der Waals surface area contributed by atoms with Gasteiger partial charge in [0.2, 0.25) is 5.85 Å². The molecule has 2 saturated heterocycles. The summed E-state index contributed by atoms with van der Waals surface area (Å²) in [4.78, 5) is 2.46. The molecule has 0 spiro atoms. The number of ether oxygens (including phenoxy) is 1. The summed E-state index contributed by atoms with van der Waals surface area (Å²) in [6, 6.07) is 0. The molecule has 0 aliphatic carbocycles. The van der Waals surface area contributed by atoms with Gasteiger partial charge in [-0.25, -0.2) is 0 Å². The molecular formula is C17H25N5O. The number of H-pyrrole nitrogens is 1. The van der Waals surface area contributed by atoms with Crippen LogP contribution in [0.25, 0.3) is 5.57 Å². The molecule has 1 aromatic heterocycles. The molecule has 3 atom stereocenters. The Morgan fingerprint density at radius 2 is 2.30 bits per heavy atom. The van der Waals surface area contributed by atoms with Crippen molar-refractivity contribution in [2.24, 2.45) is 11.8 Å². The number of rotatable bonds is 4. The van der Waals surface area contributed by atoms with E-state index in [1.165, 1.54) is 6.42 Å². The van der Waals surface area contributed by atoms with Crippen molar-refractivity contribution in [1.29, 1.82) is 0 Å². The number of allylic oxidation sites excluding steroid dienone is 2. The summed E-state index contributed by atoms with van der Waals surface area (Å²) < 4.78 is 6.17. The number of aromatic nitrogens is 2. The minimum atomic E-state index is -0.515. The second-order valence-electron chi connectivity index (χ2n) is 6.61. The quantitative estimate of drug-likeness (QED) is 0.778. The van der Waals surface area contributed by atoms with Crippen LogP contribution in [-0.2, 0) is 4.74 Å². The summed E-state index contributed by atoms with van der Waals surface area (Å²) in [5.74, 6) is 0.998. The first-order chi connectivity index (χ1) is 11.3. The van der Waals surface area contributed by atoms with Gasteiger partial charge in [-0.2, -0.15) is 5.10 Å². The second-order valence-corrected chi connectivity index (χ2v) is 6.61. The highest BCUT2D eigenvalue weighted by Crippen LogP contribution is 2.35. The van der Waals surface area contributed by atoms with Gasteiger partial charge >= 0.3 is 0 Å². The molecule has 0 amide bonds. The summed E-state index contributed by atoms with van der Waals surface area (Å²) >= 11 is 0. The molecule has 0 aromatic carbocycles. The standard InChI is InChI=1S/C17H25N5O/c1-2-23-17(22-11-14-4-6-18-7-16(14)12-22)5-3-13(8-19-17)15-9-20-21-10-15/h3,5,8-10,14,16,18-19H,2,4,6-7,11-12H2,1H3,(H,20,21)/t14?,16-,17?/m1/s1. The molecule has 1 aromatic rings. The van der Waals surface area contributed by atoms with Gasteiger partial charge in [-0.1, -0.05) is 6.08 Å². The predicted molar refractivity (Wildman–Crippen MR) is 89.2 cm³/mol. The lowest BCUT2D eigenvalue weighted by molar-refractivity contribution is -0.126. The molecule has 4 rings (SSSR count). The maximum Gasteiger partial charge on any atom is 0.218 e. The Kier molecular flexibility index (Phi) is 3.97. The molecule has 124 valence electrons. The number of likely N-dealkylation sites (tertiary alicyclic amines) is 1. The lowest BCUT2D eigenvalue weighted by Crippen LogP contribution is -2.58. The molecule has 6 heteroatoms. The van der Waals surface area contributed by atoms with Crippen molar-refractivity contribution in [3.63, 3.8) is 0 Å². The summed E-state index contributed by atoms with van der Waals surface area (Å²) in [7, 11) is 0. The first kappa shape index (κ1) is 14.9. The van der Waals surface area contributed by atoms with E-state index >= 15 is 0 Å². The fourth-order valence-electron chi connectivity index (χ4n) is 4.01. The molecule has 0 saturated carbocycles. The van der Waals surface area contributed by atoms with Crippen LogP contribution in [0.4, 0.5) is 0 Å². The fourth-order valence-corrected chi connectivity index (χ4v) is 4.01. The van der Waals surface area contributed by atoms with Crippen LogP contribution in [-0.4, -0.2) is 53.7 Å². The first-order valence-electron chi connectivity index (χ1n) is 8.57. The highest BCUT2D eigenvalue weighted by atomic mass is 16.5. The van der Waals surface area contributed by atoms with E-state index in [0.717, 1.165) is 49.2 Å². The van der Waals surface area contributed by atoms with Gasteiger partial charge in [-0.05, 0) is 44.3 Å². The van der Waals surface area contributed by atoms with E-state index in [9.17, 15) is 0 Å². The number of hydrogen-bond donors (Lipinski definition) is 3. The van der Waals surface area contributed by atoms with Gasteiger partial charge in [0.05, 0.1) is 6.20 Å². The van der Waals surface area contributed by atoms with Gasteiger partial charge in [0.25, 0.3) is 0 Å². The molecule has 4 heterocycles. The van der Waals surface area contributed by atoms with Crippen LogP contribution < -0.4 is 10.6 Å². The maximum atomic E-state index is 6.17. The highest BCUT2D eigenvalue weighted by molar-refractivity contribution is 5.74. The molecule has 0 radical (unpaired) electrons. The number of fused-ring (bicyclic) bond motifs is 1. The van der Waals surface area contributed by atoms with Crippen LogP contribution >= 0.6 is 0 Å². The van der Waals surface area contributed by atoms with E-state index in [0.29, 0.717) is 6.61 Å². The third-order valence-corrected chi connectivity index (χ3v) is 5.26. The van der Waals surface area contributed by atoms with Crippen LogP contribution in [0.3, 0.4) is 0 Å². The number of dihydropyridines is 1. The molecule has 3 aliphatic rings. The lowest BCUT2D eigenvalue weighted by Gasteiger charge is -2.41. The van der Waals surface area contributed by atoms with Crippen molar-refractivity contribution >= 4 is 5.57 Å². The molecule has 3 aliphatic heterocycles. The molecular weight excluding hydrogens is 290 g/mol. The van der Waals surface area contributed by atoms with E-state index in [-0.39, 0.29) is 0 Å². The van der Waals surface area contributed by atoms with Gasteiger partial charge in [0.15, 0.2) is 0 Å². The Hall–Kier alpha value is -1.63. The van der Waals surface area contributed by atoms with Gasteiger partial charge in [0.1, 0.15) is 0 Å². The molecule has 6 nitrogen and oxygen atoms in total. The average molecular weight is 315 g/mol. The predicted octanol–water partition coefficient (Wildman–Crippen LogP) is 1.14. The lowest BCUT2D eigenvalue weighted by atomic mass is 9.90. The highest BCUT2D eigenvalue weighted by Gasteiger charge is 2.44. The summed E-state index contributed by atoms with van der Waals surface area (Å²) in [5.41, 5.74) is 2.20. The van der Waals surface area contributed by atoms with Crippen molar-refractivity contribution in [2.75, 3.05) is 32.8 Å². The van der Waals surface area contributed by atoms with Crippen LogP contribution in [0.1, 0.15) is 18.9 Å². The van der Waals surface area contributed by atoms with Gasteiger partial charge < -0.3 is 15.4 Å². The number of aromatic amines is 1. The Bertz CT molecular complexity index is 582. The van der Waals surface area contributed by atoms with Gasteiger partial charge in [-0.3, -0.25) is 10.00 Å². The Labute approximate surface area is 137 Å².